The summed E-state index contributed by atoms with van der Waals surface area (Å²) in [5.74, 6) is 2.19. The monoisotopic (exact) mass is 458 g/mol. The maximum atomic E-state index is 14.2. The molecule has 4 aliphatic rings. The number of rotatable bonds is 4. The molecule has 2 saturated heterocycles. The van der Waals surface area contributed by atoms with Crippen LogP contribution in [0, 0.1) is 34.9 Å². The fourth-order valence-electron chi connectivity index (χ4n) is 8.21. The van der Waals surface area contributed by atoms with Gasteiger partial charge in [-0.05, 0) is 86.8 Å². The van der Waals surface area contributed by atoms with Gasteiger partial charge in [0.15, 0.2) is 0 Å². The van der Waals surface area contributed by atoms with Crippen LogP contribution in [0.1, 0.15) is 51.0 Å². The number of ether oxygens (including phenoxy) is 1. The third-order valence-corrected chi connectivity index (χ3v) is 9.71. The number of methoxy groups -OCH3 is 1. The van der Waals surface area contributed by atoms with E-state index >= 15 is 0 Å². The van der Waals surface area contributed by atoms with Crippen molar-refractivity contribution in [1.29, 1.82) is 0 Å². The van der Waals surface area contributed by atoms with Crippen molar-refractivity contribution < 1.29 is 19.0 Å². The molecule has 1 N–H and O–H groups in total. The number of halogens is 1. The van der Waals surface area contributed by atoms with E-state index in [1.807, 2.05) is 24.1 Å². The second-order valence-corrected chi connectivity index (χ2v) is 11.1. The second kappa shape index (κ2) is 9.27. The summed E-state index contributed by atoms with van der Waals surface area (Å²) < 4.78 is 20.0. The van der Waals surface area contributed by atoms with E-state index in [-0.39, 0.29) is 29.8 Å². The molecule has 182 valence electrons. The lowest BCUT2D eigenvalue weighted by molar-refractivity contribution is -0.152. The minimum atomic E-state index is -0.127. The van der Waals surface area contributed by atoms with Crippen molar-refractivity contribution in [2.45, 2.75) is 64.1 Å². The van der Waals surface area contributed by atoms with Gasteiger partial charge in [0.2, 0.25) is 5.91 Å². The van der Waals surface area contributed by atoms with E-state index in [4.69, 9.17) is 4.74 Å². The van der Waals surface area contributed by atoms with Crippen molar-refractivity contribution in [3.05, 3.63) is 35.6 Å². The molecular formula is C27H39FN2O3. The minimum Gasteiger partial charge on any atom is -0.394 e. The Bertz CT molecular complexity index is 856. The maximum absolute atomic E-state index is 14.2. The summed E-state index contributed by atoms with van der Waals surface area (Å²) in [4.78, 5) is 17.1. The highest BCUT2D eigenvalue weighted by Gasteiger charge is 2.61. The number of aliphatic hydroxyl groups is 1. The lowest BCUT2D eigenvalue weighted by Crippen LogP contribution is -2.63. The van der Waals surface area contributed by atoms with Crippen molar-refractivity contribution >= 4 is 5.91 Å². The van der Waals surface area contributed by atoms with Gasteiger partial charge >= 0.3 is 0 Å². The summed E-state index contributed by atoms with van der Waals surface area (Å²) in [6.07, 6.45) is 6.97. The number of aliphatic hydroxyl groups excluding tert-OH is 1. The highest BCUT2D eigenvalue weighted by molar-refractivity contribution is 5.74. The molecule has 6 atom stereocenters. The number of carbonyl (C=O) groups excluding carboxylic acids is 1. The number of nitrogens with zero attached hydrogens (tertiary/aromatic N) is 2. The van der Waals surface area contributed by atoms with Gasteiger partial charge in [-0.25, -0.2) is 4.39 Å². The van der Waals surface area contributed by atoms with Crippen LogP contribution in [0.25, 0.3) is 0 Å². The molecule has 2 heterocycles. The molecule has 2 aliphatic heterocycles. The van der Waals surface area contributed by atoms with Gasteiger partial charge < -0.3 is 14.7 Å². The van der Waals surface area contributed by atoms with E-state index in [0.717, 1.165) is 57.3 Å². The Morgan fingerprint density at radius 3 is 2.61 bits per heavy atom. The normalized spacial score (nSPS) is 35.9. The van der Waals surface area contributed by atoms with Gasteiger partial charge in [-0.2, -0.15) is 0 Å². The van der Waals surface area contributed by atoms with Crippen LogP contribution in [0.2, 0.25) is 0 Å². The number of likely N-dealkylation sites (tertiary alicyclic amines) is 2. The highest BCUT2D eigenvalue weighted by atomic mass is 19.1. The van der Waals surface area contributed by atoms with E-state index in [9.17, 15) is 14.3 Å². The fraction of sp³-hybridized carbons (Fsp3) is 0.741. The van der Waals surface area contributed by atoms with Crippen LogP contribution in [-0.4, -0.2) is 66.3 Å². The molecule has 33 heavy (non-hydrogen) atoms. The first-order chi connectivity index (χ1) is 16.0. The van der Waals surface area contributed by atoms with Crippen molar-refractivity contribution in [3.63, 3.8) is 0 Å². The van der Waals surface area contributed by atoms with Crippen molar-refractivity contribution in [3.8, 4) is 0 Å². The smallest absolute Gasteiger partial charge is 0.219 e. The topological polar surface area (TPSA) is 53.0 Å². The van der Waals surface area contributed by atoms with Crippen LogP contribution in [0.3, 0.4) is 0 Å². The number of piperidine rings is 2. The lowest BCUT2D eigenvalue weighted by Gasteiger charge is -2.58. The molecule has 1 spiro atoms. The highest BCUT2D eigenvalue weighted by Crippen LogP contribution is 2.62. The summed E-state index contributed by atoms with van der Waals surface area (Å²) in [5, 5.41) is 10.3. The van der Waals surface area contributed by atoms with E-state index in [1.54, 1.807) is 19.1 Å². The Balaban J connectivity index is 1.39. The Hall–Kier alpha value is -1.50. The SMILES string of the molecule is COC1CCC2C(C1)CC1C2C2(CCN(Cc3ccccc3F)CC2)CN(C(C)=O)[C@H]1CO. The Morgan fingerprint density at radius 2 is 1.94 bits per heavy atom. The lowest BCUT2D eigenvalue weighted by atomic mass is 9.57. The number of benzene rings is 1. The summed E-state index contributed by atoms with van der Waals surface area (Å²) in [7, 11) is 1.83. The van der Waals surface area contributed by atoms with E-state index in [0.29, 0.717) is 36.3 Å². The molecule has 0 bridgehead atoms. The molecule has 2 saturated carbocycles. The standard InChI is InChI=1S/C27H39FN2O3/c1-18(32)30-17-27(9-11-29(12-10-27)15-19-5-3-4-6-24(19)28)26-22-8-7-21(33-2)13-20(22)14-23(26)25(30)16-31/h3-6,20-23,25-26,31H,7-17H2,1-2H3/t20?,21?,22?,23?,25-,26?/m0/s1. The average molecular weight is 459 g/mol. The van der Waals surface area contributed by atoms with Crippen LogP contribution in [0.5, 0.6) is 0 Å². The van der Waals surface area contributed by atoms with Crippen LogP contribution >= 0.6 is 0 Å². The number of fused-ring (bicyclic) bond motifs is 4. The molecule has 5 rings (SSSR count). The molecule has 0 radical (unpaired) electrons. The van der Waals surface area contributed by atoms with Crippen LogP contribution < -0.4 is 0 Å². The van der Waals surface area contributed by atoms with Gasteiger partial charge in [0.05, 0.1) is 18.8 Å². The molecule has 1 aromatic rings. The molecule has 5 unspecified atom stereocenters. The van der Waals surface area contributed by atoms with Crippen LogP contribution in [0.4, 0.5) is 4.39 Å². The van der Waals surface area contributed by atoms with Gasteiger partial charge in [0, 0.05) is 32.7 Å². The van der Waals surface area contributed by atoms with E-state index in [1.165, 1.54) is 6.42 Å². The van der Waals surface area contributed by atoms with Crippen molar-refractivity contribution in [2.24, 2.45) is 29.1 Å². The molecule has 0 aromatic heterocycles. The minimum absolute atomic E-state index is 0.0545. The molecular weight excluding hydrogens is 419 g/mol. The van der Waals surface area contributed by atoms with Crippen molar-refractivity contribution in [1.82, 2.24) is 9.80 Å². The molecule has 1 aromatic carbocycles. The first-order valence-corrected chi connectivity index (χ1v) is 12.8. The van der Waals surface area contributed by atoms with Gasteiger partial charge in [-0.15, -0.1) is 0 Å². The van der Waals surface area contributed by atoms with E-state index < -0.39 is 0 Å². The predicted molar refractivity (Wildman–Crippen MR) is 125 cm³/mol. The van der Waals surface area contributed by atoms with Gasteiger partial charge in [-0.3, -0.25) is 9.69 Å². The third-order valence-electron chi connectivity index (χ3n) is 9.71. The first kappa shape index (κ1) is 23.3. The summed E-state index contributed by atoms with van der Waals surface area (Å²) in [5.41, 5.74) is 0.868. The molecule has 2 aliphatic carbocycles. The number of hydrogen-bond acceptors (Lipinski definition) is 4. The van der Waals surface area contributed by atoms with Gasteiger partial charge in [-0.1, -0.05) is 18.2 Å². The van der Waals surface area contributed by atoms with Crippen LogP contribution in [-0.2, 0) is 16.1 Å². The first-order valence-electron chi connectivity index (χ1n) is 12.8. The molecule has 1 amide bonds. The number of carbonyl (C=O) groups is 1. The fourth-order valence-corrected chi connectivity index (χ4v) is 8.21. The zero-order valence-corrected chi connectivity index (χ0v) is 20.1. The summed E-state index contributed by atoms with van der Waals surface area (Å²) in [6, 6.07) is 7.02. The summed E-state index contributed by atoms with van der Waals surface area (Å²) >= 11 is 0. The number of hydrogen-bond donors (Lipinski definition) is 1. The van der Waals surface area contributed by atoms with Crippen LogP contribution in [0.15, 0.2) is 24.3 Å². The Morgan fingerprint density at radius 1 is 1.18 bits per heavy atom. The van der Waals surface area contributed by atoms with E-state index in [2.05, 4.69) is 4.90 Å². The molecule has 6 heteroatoms. The number of amides is 1. The second-order valence-electron chi connectivity index (χ2n) is 11.1. The molecule has 5 nitrogen and oxygen atoms in total. The zero-order valence-electron chi connectivity index (χ0n) is 20.1. The predicted octanol–water partition coefficient (Wildman–Crippen LogP) is 3.70. The average Bonchev–Trinajstić information content (AvgIpc) is 3.21. The molecule has 4 fully saturated rings. The third kappa shape index (κ3) is 4.12. The summed E-state index contributed by atoms with van der Waals surface area (Å²) in [6.45, 7) is 5.00. The van der Waals surface area contributed by atoms with Gasteiger partial charge in [0.25, 0.3) is 0 Å². The Kier molecular flexibility index (Phi) is 6.53. The Labute approximate surface area is 197 Å². The van der Waals surface area contributed by atoms with Gasteiger partial charge in [0.1, 0.15) is 5.82 Å². The quantitative estimate of drug-likeness (QED) is 0.748. The largest absolute Gasteiger partial charge is 0.394 e. The zero-order chi connectivity index (χ0) is 23.2. The maximum Gasteiger partial charge on any atom is 0.219 e. The van der Waals surface area contributed by atoms with Crippen molar-refractivity contribution in [2.75, 3.05) is 33.4 Å².